The van der Waals surface area contributed by atoms with E-state index in [-0.39, 0.29) is 0 Å². The van der Waals surface area contributed by atoms with Gasteiger partial charge in [-0.2, -0.15) is 26.3 Å². The summed E-state index contributed by atoms with van der Waals surface area (Å²) in [4.78, 5) is 9.80. The molecule has 2 rings (SSSR count). The Bertz CT molecular complexity index is 762. The lowest BCUT2D eigenvalue weighted by Gasteiger charge is -2.32. The summed E-state index contributed by atoms with van der Waals surface area (Å²) in [5.41, 5.74) is -8.43. The molecule has 1 aromatic heterocycles. The van der Waals surface area contributed by atoms with Crippen LogP contribution in [0.15, 0.2) is 22.6 Å². The standard InChI is InChI=1S/C12H7F6NO4/c1-5-8(10(20,11(13,14)15)12(16,17)18)6-3-2-4-7(19(21)22)9(6)23-5/h2-4,20H,1H3. The second-order valence-corrected chi connectivity index (χ2v) is 4.65. The summed E-state index contributed by atoms with van der Waals surface area (Å²) in [6, 6.07) is 2.53. The van der Waals surface area contributed by atoms with Crippen molar-refractivity contribution < 1.29 is 40.8 Å². The Morgan fingerprint density at radius 1 is 1.13 bits per heavy atom. The van der Waals surface area contributed by atoms with Crippen LogP contribution in [0, 0.1) is 17.0 Å². The van der Waals surface area contributed by atoms with E-state index in [1.807, 2.05) is 0 Å². The highest BCUT2D eigenvalue weighted by molar-refractivity contribution is 5.90. The number of hydrogen-bond donors (Lipinski definition) is 1. The second kappa shape index (κ2) is 4.85. The van der Waals surface area contributed by atoms with Crippen LogP contribution in [0.2, 0.25) is 0 Å². The van der Waals surface area contributed by atoms with Crippen LogP contribution < -0.4 is 0 Å². The van der Waals surface area contributed by atoms with Crippen LogP contribution in [0.5, 0.6) is 0 Å². The number of non-ortho nitro benzene ring substituents is 1. The molecule has 0 saturated carbocycles. The normalized spacial score (nSPS) is 13.6. The van der Waals surface area contributed by atoms with Crippen molar-refractivity contribution in [3.05, 3.63) is 39.6 Å². The Labute approximate surface area is 123 Å². The summed E-state index contributed by atoms with van der Waals surface area (Å²) in [6.07, 6.45) is -12.2. The van der Waals surface area contributed by atoms with Crippen molar-refractivity contribution in [1.29, 1.82) is 0 Å². The Morgan fingerprint density at radius 3 is 2.09 bits per heavy atom. The largest absolute Gasteiger partial charge is 0.454 e. The number of fused-ring (bicyclic) bond motifs is 1. The smallest absolute Gasteiger partial charge is 0.430 e. The van der Waals surface area contributed by atoms with Gasteiger partial charge < -0.3 is 9.52 Å². The highest BCUT2D eigenvalue weighted by Crippen LogP contribution is 2.53. The zero-order valence-corrected chi connectivity index (χ0v) is 11.1. The molecule has 0 aliphatic rings. The van der Waals surface area contributed by atoms with E-state index in [1.165, 1.54) is 0 Å². The molecule has 0 aliphatic carbocycles. The summed E-state index contributed by atoms with van der Waals surface area (Å²) in [6.45, 7) is 0.751. The molecule has 126 valence electrons. The van der Waals surface area contributed by atoms with Crippen molar-refractivity contribution in [3.63, 3.8) is 0 Å². The molecule has 0 fully saturated rings. The van der Waals surface area contributed by atoms with Crippen LogP contribution in [-0.4, -0.2) is 22.4 Å². The maximum Gasteiger partial charge on any atom is 0.430 e. The minimum Gasteiger partial charge on any atom is -0.454 e. The summed E-state index contributed by atoms with van der Waals surface area (Å²) in [5, 5.41) is 19.5. The zero-order valence-electron chi connectivity index (χ0n) is 11.1. The highest BCUT2D eigenvalue weighted by atomic mass is 19.4. The van der Waals surface area contributed by atoms with Gasteiger partial charge in [-0.3, -0.25) is 10.1 Å². The SMILES string of the molecule is Cc1oc2c([N+](=O)[O-])cccc2c1C(O)(C(F)(F)F)C(F)(F)F. The number of aryl methyl sites for hydroxylation is 1. The van der Waals surface area contributed by atoms with Crippen molar-refractivity contribution in [2.75, 3.05) is 0 Å². The fraction of sp³-hybridized carbons (Fsp3) is 0.333. The zero-order chi connectivity index (χ0) is 17.8. The second-order valence-electron chi connectivity index (χ2n) is 4.65. The van der Waals surface area contributed by atoms with Gasteiger partial charge in [0, 0.05) is 11.5 Å². The van der Waals surface area contributed by atoms with Gasteiger partial charge in [-0.05, 0) is 6.92 Å². The minimum atomic E-state index is -6.11. The number of nitro groups is 1. The first-order valence-corrected chi connectivity index (χ1v) is 5.85. The summed E-state index contributed by atoms with van der Waals surface area (Å²) in [7, 11) is 0. The van der Waals surface area contributed by atoms with Gasteiger partial charge in [-0.15, -0.1) is 0 Å². The fourth-order valence-electron chi connectivity index (χ4n) is 2.26. The Balaban J connectivity index is 2.95. The molecule has 0 bridgehead atoms. The monoisotopic (exact) mass is 343 g/mol. The van der Waals surface area contributed by atoms with Gasteiger partial charge in [0.1, 0.15) is 5.76 Å². The highest BCUT2D eigenvalue weighted by Gasteiger charge is 2.73. The van der Waals surface area contributed by atoms with Gasteiger partial charge in [0.15, 0.2) is 0 Å². The summed E-state index contributed by atoms with van der Waals surface area (Å²) >= 11 is 0. The number of alkyl halides is 6. The molecule has 1 heterocycles. The molecule has 0 aliphatic heterocycles. The number of hydrogen-bond acceptors (Lipinski definition) is 4. The maximum absolute atomic E-state index is 13.0. The molecule has 0 radical (unpaired) electrons. The van der Waals surface area contributed by atoms with E-state index in [4.69, 9.17) is 4.42 Å². The summed E-state index contributed by atoms with van der Waals surface area (Å²) in [5.74, 6) is -0.925. The van der Waals surface area contributed by atoms with Crippen LogP contribution in [0.25, 0.3) is 11.0 Å². The first-order chi connectivity index (χ1) is 10.3. The van der Waals surface area contributed by atoms with E-state index >= 15 is 0 Å². The van der Waals surface area contributed by atoms with Crippen molar-refractivity contribution in [2.45, 2.75) is 24.9 Å². The molecule has 0 unspecified atom stereocenters. The maximum atomic E-state index is 13.0. The van der Waals surface area contributed by atoms with E-state index in [1.54, 1.807) is 0 Å². The number of furan rings is 1. The third-order valence-electron chi connectivity index (χ3n) is 3.25. The number of nitro benzene ring substituents is 1. The van der Waals surface area contributed by atoms with Gasteiger partial charge in [0.25, 0.3) is 5.60 Å². The lowest BCUT2D eigenvalue weighted by Crippen LogP contribution is -2.54. The average molecular weight is 343 g/mol. The molecule has 11 heteroatoms. The molecule has 0 atom stereocenters. The first-order valence-electron chi connectivity index (χ1n) is 5.85. The Kier molecular flexibility index (Phi) is 3.60. The minimum absolute atomic E-state index is 0.751. The number of benzene rings is 1. The lowest BCUT2D eigenvalue weighted by molar-refractivity contribution is -0.383. The molecular formula is C12H7F6NO4. The van der Waals surface area contributed by atoms with Gasteiger partial charge in [-0.1, -0.05) is 12.1 Å². The lowest BCUT2D eigenvalue weighted by atomic mass is 9.89. The van der Waals surface area contributed by atoms with Crippen molar-refractivity contribution in [1.82, 2.24) is 0 Å². The van der Waals surface area contributed by atoms with Crippen LogP contribution in [-0.2, 0) is 5.60 Å². The molecule has 0 spiro atoms. The van der Waals surface area contributed by atoms with Crippen LogP contribution in [0.3, 0.4) is 0 Å². The first kappa shape index (κ1) is 17.1. The quantitative estimate of drug-likeness (QED) is 0.509. The molecule has 0 saturated heterocycles. The number of nitrogens with zero attached hydrogens (tertiary/aromatic N) is 1. The topological polar surface area (TPSA) is 76.5 Å². The number of halogens is 6. The van der Waals surface area contributed by atoms with Crippen LogP contribution in [0.1, 0.15) is 11.3 Å². The molecule has 1 N–H and O–H groups in total. The van der Waals surface area contributed by atoms with Crippen molar-refractivity contribution >= 4 is 16.7 Å². The molecule has 2 aromatic rings. The van der Waals surface area contributed by atoms with E-state index in [2.05, 4.69) is 0 Å². The van der Waals surface area contributed by atoms with Crippen molar-refractivity contribution in [3.8, 4) is 0 Å². The predicted octanol–water partition coefficient (Wildman–Crippen LogP) is 3.96. The molecule has 23 heavy (non-hydrogen) atoms. The average Bonchev–Trinajstić information content (AvgIpc) is 2.70. The Hall–Kier alpha value is -2.30. The van der Waals surface area contributed by atoms with E-state index in [0.29, 0.717) is 0 Å². The van der Waals surface area contributed by atoms with Crippen LogP contribution >= 0.6 is 0 Å². The van der Waals surface area contributed by atoms with Gasteiger partial charge in [0.2, 0.25) is 5.58 Å². The van der Waals surface area contributed by atoms with Crippen LogP contribution in [0.4, 0.5) is 32.0 Å². The van der Waals surface area contributed by atoms with E-state index in [0.717, 1.165) is 25.1 Å². The fourth-order valence-corrected chi connectivity index (χ4v) is 2.26. The predicted molar refractivity (Wildman–Crippen MR) is 63.6 cm³/mol. The third kappa shape index (κ3) is 2.31. The van der Waals surface area contributed by atoms with E-state index < -0.39 is 50.9 Å². The summed E-state index contributed by atoms with van der Waals surface area (Å²) < 4.78 is 82.6. The molecule has 5 nitrogen and oxygen atoms in total. The number of rotatable bonds is 2. The molecule has 1 aromatic carbocycles. The van der Waals surface area contributed by atoms with Crippen molar-refractivity contribution in [2.24, 2.45) is 0 Å². The Morgan fingerprint density at radius 2 is 1.65 bits per heavy atom. The molecular weight excluding hydrogens is 336 g/mol. The van der Waals surface area contributed by atoms with Gasteiger partial charge >= 0.3 is 18.0 Å². The van der Waals surface area contributed by atoms with E-state index in [9.17, 15) is 41.6 Å². The van der Waals surface area contributed by atoms with Gasteiger partial charge in [-0.25, -0.2) is 0 Å². The third-order valence-corrected chi connectivity index (χ3v) is 3.25. The number of para-hydroxylation sites is 1. The molecule has 0 amide bonds. The van der Waals surface area contributed by atoms with Gasteiger partial charge in [0.05, 0.1) is 10.5 Å². The number of aliphatic hydroxyl groups is 1.